The number of nitrogens with zero attached hydrogens (tertiary/aromatic N) is 2. The molecule has 0 fully saturated rings. The van der Waals surface area contributed by atoms with Crippen molar-refractivity contribution >= 4 is 0 Å². The molecule has 4 nitrogen and oxygen atoms in total. The molecule has 0 unspecified atom stereocenters. The Morgan fingerprint density at radius 2 is 2.00 bits per heavy atom. The van der Waals surface area contributed by atoms with E-state index in [1.165, 1.54) is 0 Å². The summed E-state index contributed by atoms with van der Waals surface area (Å²) in [6.07, 6.45) is 3.60. The Kier molecular flexibility index (Phi) is 3.67. The van der Waals surface area contributed by atoms with Crippen LogP contribution in [0.15, 0.2) is 42.9 Å². The first kappa shape index (κ1) is 12.6. The molecule has 0 atom stereocenters. The Balaban J connectivity index is 1.93. The van der Waals surface area contributed by atoms with Crippen LogP contribution in [-0.2, 0) is 12.1 Å². The van der Waals surface area contributed by atoms with E-state index in [-0.39, 0.29) is 5.54 Å². The minimum Gasteiger partial charge on any atom is -0.492 e. The maximum Gasteiger partial charge on any atom is 0.119 e. The van der Waals surface area contributed by atoms with Gasteiger partial charge in [-0.25, -0.2) is 4.98 Å². The largest absolute Gasteiger partial charge is 0.492 e. The summed E-state index contributed by atoms with van der Waals surface area (Å²) in [4.78, 5) is 4.14. The molecule has 0 aliphatic carbocycles. The summed E-state index contributed by atoms with van der Waals surface area (Å²) in [6, 6.07) is 9.78. The Morgan fingerprint density at radius 1 is 1.28 bits per heavy atom. The van der Waals surface area contributed by atoms with Crippen LogP contribution in [0.25, 0.3) is 0 Å². The number of para-hydroxylation sites is 1. The zero-order valence-electron chi connectivity index (χ0n) is 10.8. The number of ether oxygens (including phenoxy) is 1. The molecule has 0 amide bonds. The van der Waals surface area contributed by atoms with E-state index in [2.05, 4.69) is 4.98 Å². The van der Waals surface area contributed by atoms with Crippen molar-refractivity contribution in [1.29, 1.82) is 0 Å². The maximum atomic E-state index is 6.08. The summed E-state index contributed by atoms with van der Waals surface area (Å²) >= 11 is 0. The van der Waals surface area contributed by atoms with E-state index in [9.17, 15) is 0 Å². The number of nitrogens with two attached hydrogens (primary N) is 1. The molecule has 0 saturated heterocycles. The Bertz CT molecular complexity index is 485. The molecule has 96 valence electrons. The van der Waals surface area contributed by atoms with Crippen molar-refractivity contribution in [3.63, 3.8) is 0 Å². The Labute approximate surface area is 107 Å². The van der Waals surface area contributed by atoms with Gasteiger partial charge in [0, 0.05) is 6.20 Å². The van der Waals surface area contributed by atoms with Crippen molar-refractivity contribution in [3.8, 4) is 5.75 Å². The molecule has 2 rings (SSSR count). The number of rotatable bonds is 5. The molecule has 18 heavy (non-hydrogen) atoms. The van der Waals surface area contributed by atoms with Crippen molar-refractivity contribution in [3.05, 3.63) is 48.5 Å². The monoisotopic (exact) mass is 245 g/mol. The highest BCUT2D eigenvalue weighted by Crippen LogP contribution is 2.16. The molecule has 0 spiro atoms. The third-order valence-electron chi connectivity index (χ3n) is 2.72. The zero-order valence-corrected chi connectivity index (χ0v) is 10.8. The van der Waals surface area contributed by atoms with Gasteiger partial charge >= 0.3 is 0 Å². The second kappa shape index (κ2) is 5.23. The molecule has 0 saturated carbocycles. The SMILES string of the molecule is CC(C)(N)c1cncn1CCOc1ccccc1. The van der Waals surface area contributed by atoms with Gasteiger partial charge in [-0.3, -0.25) is 0 Å². The quantitative estimate of drug-likeness (QED) is 0.878. The highest BCUT2D eigenvalue weighted by molar-refractivity contribution is 5.20. The van der Waals surface area contributed by atoms with Gasteiger partial charge in [-0.1, -0.05) is 18.2 Å². The van der Waals surface area contributed by atoms with Crippen molar-refractivity contribution < 1.29 is 4.74 Å². The van der Waals surface area contributed by atoms with Gasteiger partial charge in [0.25, 0.3) is 0 Å². The average molecular weight is 245 g/mol. The molecule has 1 aromatic heterocycles. The summed E-state index contributed by atoms with van der Waals surface area (Å²) in [5.74, 6) is 0.881. The van der Waals surface area contributed by atoms with Gasteiger partial charge in [0.05, 0.1) is 24.1 Å². The normalized spacial score (nSPS) is 11.5. The van der Waals surface area contributed by atoms with Crippen LogP contribution in [0.3, 0.4) is 0 Å². The summed E-state index contributed by atoms with van der Waals surface area (Å²) in [5, 5.41) is 0. The summed E-state index contributed by atoms with van der Waals surface area (Å²) in [5.41, 5.74) is 6.71. The molecule has 4 heteroatoms. The summed E-state index contributed by atoms with van der Waals surface area (Å²) in [6.45, 7) is 5.28. The van der Waals surface area contributed by atoms with Gasteiger partial charge in [-0.2, -0.15) is 0 Å². The fourth-order valence-corrected chi connectivity index (χ4v) is 1.81. The highest BCUT2D eigenvalue weighted by atomic mass is 16.5. The van der Waals surface area contributed by atoms with Gasteiger partial charge in [-0.15, -0.1) is 0 Å². The second-order valence-electron chi connectivity index (χ2n) is 4.86. The van der Waals surface area contributed by atoms with Crippen molar-refractivity contribution in [2.45, 2.75) is 25.9 Å². The van der Waals surface area contributed by atoms with E-state index < -0.39 is 0 Å². The van der Waals surface area contributed by atoms with E-state index in [0.29, 0.717) is 6.61 Å². The lowest BCUT2D eigenvalue weighted by Gasteiger charge is -2.20. The first-order valence-corrected chi connectivity index (χ1v) is 6.05. The zero-order chi connectivity index (χ0) is 13.0. The maximum absolute atomic E-state index is 6.08. The first-order valence-electron chi connectivity index (χ1n) is 6.05. The van der Waals surface area contributed by atoms with Crippen LogP contribution in [0.5, 0.6) is 5.75 Å². The summed E-state index contributed by atoms with van der Waals surface area (Å²) in [7, 11) is 0. The van der Waals surface area contributed by atoms with Crippen molar-refractivity contribution in [1.82, 2.24) is 9.55 Å². The molecule has 0 aliphatic rings. The molecule has 1 aromatic carbocycles. The van der Waals surface area contributed by atoms with E-state index in [1.54, 1.807) is 6.33 Å². The number of hydrogen-bond donors (Lipinski definition) is 1. The van der Waals surface area contributed by atoms with Crippen LogP contribution < -0.4 is 10.5 Å². The standard InChI is InChI=1S/C14H19N3O/c1-14(2,15)13-10-16-11-17(13)8-9-18-12-6-4-3-5-7-12/h3-7,10-11H,8-9,15H2,1-2H3. The second-order valence-corrected chi connectivity index (χ2v) is 4.86. The topological polar surface area (TPSA) is 53.1 Å². The lowest BCUT2D eigenvalue weighted by atomic mass is 10.0. The molecule has 0 radical (unpaired) electrons. The molecule has 1 heterocycles. The highest BCUT2D eigenvalue weighted by Gasteiger charge is 2.18. The third-order valence-corrected chi connectivity index (χ3v) is 2.72. The molecular formula is C14H19N3O. The van der Waals surface area contributed by atoms with Crippen LogP contribution in [0.4, 0.5) is 0 Å². The van der Waals surface area contributed by atoms with Crippen molar-refractivity contribution in [2.24, 2.45) is 5.73 Å². The Morgan fingerprint density at radius 3 is 2.67 bits per heavy atom. The van der Waals surface area contributed by atoms with Gasteiger partial charge < -0.3 is 15.0 Å². The fraction of sp³-hybridized carbons (Fsp3) is 0.357. The average Bonchev–Trinajstić information content (AvgIpc) is 2.78. The lowest BCUT2D eigenvalue weighted by Crippen LogP contribution is -2.32. The minimum atomic E-state index is -0.386. The molecular weight excluding hydrogens is 226 g/mol. The number of hydrogen-bond acceptors (Lipinski definition) is 3. The number of benzene rings is 1. The molecule has 2 N–H and O–H groups in total. The van der Waals surface area contributed by atoms with E-state index in [1.807, 2.05) is 54.9 Å². The number of imidazole rings is 1. The third kappa shape index (κ3) is 3.11. The van der Waals surface area contributed by atoms with Crippen LogP contribution in [-0.4, -0.2) is 16.2 Å². The van der Waals surface area contributed by atoms with Gasteiger partial charge in [-0.05, 0) is 26.0 Å². The summed E-state index contributed by atoms with van der Waals surface area (Å²) < 4.78 is 7.69. The van der Waals surface area contributed by atoms with Crippen LogP contribution in [0.2, 0.25) is 0 Å². The lowest BCUT2D eigenvalue weighted by molar-refractivity contribution is 0.293. The van der Waals surface area contributed by atoms with Crippen LogP contribution in [0.1, 0.15) is 19.5 Å². The van der Waals surface area contributed by atoms with Crippen molar-refractivity contribution in [2.75, 3.05) is 6.61 Å². The Hall–Kier alpha value is -1.81. The fourth-order valence-electron chi connectivity index (χ4n) is 1.81. The minimum absolute atomic E-state index is 0.386. The van der Waals surface area contributed by atoms with Gasteiger partial charge in [0.15, 0.2) is 0 Å². The molecule has 0 aliphatic heterocycles. The molecule has 0 bridgehead atoms. The first-order chi connectivity index (χ1) is 8.57. The smallest absolute Gasteiger partial charge is 0.119 e. The number of aromatic nitrogens is 2. The van der Waals surface area contributed by atoms with E-state index in [4.69, 9.17) is 10.5 Å². The predicted molar refractivity (Wildman–Crippen MR) is 71.4 cm³/mol. The van der Waals surface area contributed by atoms with Crippen LogP contribution in [0, 0.1) is 0 Å². The van der Waals surface area contributed by atoms with Crippen LogP contribution >= 0.6 is 0 Å². The van der Waals surface area contributed by atoms with E-state index >= 15 is 0 Å². The van der Waals surface area contributed by atoms with E-state index in [0.717, 1.165) is 18.0 Å². The van der Waals surface area contributed by atoms with Gasteiger partial charge in [0.2, 0.25) is 0 Å². The predicted octanol–water partition coefficient (Wildman–Crippen LogP) is 2.16. The van der Waals surface area contributed by atoms with Gasteiger partial charge in [0.1, 0.15) is 12.4 Å². The molecule has 2 aromatic rings.